The summed E-state index contributed by atoms with van der Waals surface area (Å²) in [4.78, 5) is 4.25. The second-order valence-electron chi connectivity index (χ2n) is 6.80. The molecule has 4 nitrogen and oxygen atoms in total. The Labute approximate surface area is 160 Å². The van der Waals surface area contributed by atoms with E-state index in [-0.39, 0.29) is 12.4 Å². The zero-order chi connectivity index (χ0) is 19.1. The van der Waals surface area contributed by atoms with Gasteiger partial charge in [-0.15, -0.1) is 6.58 Å². The Balaban J connectivity index is 1.45. The van der Waals surface area contributed by atoms with Crippen molar-refractivity contribution < 1.29 is 14.2 Å². The highest BCUT2D eigenvalue weighted by Gasteiger charge is 2.21. The van der Waals surface area contributed by atoms with Crippen molar-refractivity contribution in [2.24, 2.45) is 0 Å². The molecule has 0 spiro atoms. The SMILES string of the molecule is C=CCc1ccccc1OC[C@H](O)CN1CCN(c2ccccc2F)CC1. The number of allylic oxidation sites excluding steroid dienone is 1. The van der Waals surface area contributed by atoms with Crippen molar-refractivity contribution in [3.63, 3.8) is 0 Å². The topological polar surface area (TPSA) is 35.9 Å². The molecule has 2 aromatic rings. The third kappa shape index (κ3) is 5.31. The van der Waals surface area contributed by atoms with Crippen LogP contribution in [0, 0.1) is 5.82 Å². The molecule has 1 fully saturated rings. The average Bonchev–Trinajstić information content (AvgIpc) is 2.69. The van der Waals surface area contributed by atoms with Gasteiger partial charge < -0.3 is 14.7 Å². The summed E-state index contributed by atoms with van der Waals surface area (Å²) in [6, 6.07) is 14.7. The molecule has 0 amide bonds. The maximum absolute atomic E-state index is 13.9. The van der Waals surface area contributed by atoms with E-state index in [1.54, 1.807) is 6.07 Å². The van der Waals surface area contributed by atoms with E-state index >= 15 is 0 Å². The molecule has 3 rings (SSSR count). The number of rotatable bonds is 8. The smallest absolute Gasteiger partial charge is 0.146 e. The van der Waals surface area contributed by atoms with Gasteiger partial charge in [0.25, 0.3) is 0 Å². The monoisotopic (exact) mass is 370 g/mol. The van der Waals surface area contributed by atoms with Crippen LogP contribution < -0.4 is 9.64 Å². The molecular weight excluding hydrogens is 343 g/mol. The van der Waals surface area contributed by atoms with Crippen LogP contribution in [0.5, 0.6) is 5.75 Å². The van der Waals surface area contributed by atoms with Crippen LogP contribution >= 0.6 is 0 Å². The van der Waals surface area contributed by atoms with E-state index in [9.17, 15) is 9.50 Å². The van der Waals surface area contributed by atoms with Crippen molar-refractivity contribution in [1.29, 1.82) is 0 Å². The fourth-order valence-corrected chi connectivity index (χ4v) is 3.39. The molecule has 1 N–H and O–H groups in total. The normalized spacial score (nSPS) is 16.1. The highest BCUT2D eigenvalue weighted by atomic mass is 19.1. The number of β-amino-alcohol motifs (C(OH)–C–C–N with tert-alkyl or cyclic N) is 1. The van der Waals surface area contributed by atoms with Gasteiger partial charge in [-0.05, 0) is 30.2 Å². The first kappa shape index (κ1) is 19.4. The fraction of sp³-hybridized carbons (Fsp3) is 0.364. The molecule has 0 aliphatic carbocycles. The highest BCUT2D eigenvalue weighted by Crippen LogP contribution is 2.21. The lowest BCUT2D eigenvalue weighted by Gasteiger charge is -2.37. The van der Waals surface area contributed by atoms with E-state index in [1.165, 1.54) is 6.07 Å². The highest BCUT2D eigenvalue weighted by molar-refractivity contribution is 5.48. The predicted molar refractivity (Wildman–Crippen MR) is 107 cm³/mol. The third-order valence-corrected chi connectivity index (χ3v) is 4.80. The first-order valence-corrected chi connectivity index (χ1v) is 9.39. The van der Waals surface area contributed by atoms with Gasteiger partial charge in [0.15, 0.2) is 0 Å². The number of anilines is 1. The molecule has 0 aromatic heterocycles. The molecule has 0 bridgehead atoms. The molecule has 0 unspecified atom stereocenters. The molecule has 1 saturated heterocycles. The van der Waals surface area contributed by atoms with Crippen molar-refractivity contribution in [2.75, 3.05) is 44.2 Å². The number of piperazine rings is 1. The largest absolute Gasteiger partial charge is 0.491 e. The van der Waals surface area contributed by atoms with Crippen molar-refractivity contribution in [2.45, 2.75) is 12.5 Å². The van der Waals surface area contributed by atoms with Crippen LogP contribution in [0.4, 0.5) is 10.1 Å². The maximum atomic E-state index is 13.9. The number of nitrogens with zero attached hydrogens (tertiary/aromatic N) is 2. The van der Waals surface area contributed by atoms with Crippen molar-refractivity contribution in [3.8, 4) is 5.75 Å². The fourth-order valence-electron chi connectivity index (χ4n) is 3.39. The van der Waals surface area contributed by atoms with Gasteiger partial charge in [0.05, 0.1) is 5.69 Å². The molecule has 1 heterocycles. The van der Waals surface area contributed by atoms with Crippen LogP contribution in [0.1, 0.15) is 5.56 Å². The van der Waals surface area contributed by atoms with Gasteiger partial charge in [0.2, 0.25) is 0 Å². The number of hydrogen-bond donors (Lipinski definition) is 1. The zero-order valence-electron chi connectivity index (χ0n) is 15.6. The molecule has 1 aliphatic rings. The van der Waals surface area contributed by atoms with Crippen LogP contribution in [0.2, 0.25) is 0 Å². The Kier molecular flexibility index (Phi) is 6.85. The summed E-state index contributed by atoms with van der Waals surface area (Å²) < 4.78 is 19.7. The van der Waals surface area contributed by atoms with Gasteiger partial charge in [0, 0.05) is 32.7 Å². The van der Waals surface area contributed by atoms with E-state index < -0.39 is 6.10 Å². The average molecular weight is 370 g/mol. The zero-order valence-corrected chi connectivity index (χ0v) is 15.6. The number of aliphatic hydroxyl groups excluding tert-OH is 1. The van der Waals surface area contributed by atoms with E-state index in [4.69, 9.17) is 4.74 Å². The van der Waals surface area contributed by atoms with Crippen LogP contribution in [-0.4, -0.2) is 55.4 Å². The lowest BCUT2D eigenvalue weighted by molar-refractivity contribution is 0.0660. The van der Waals surface area contributed by atoms with Gasteiger partial charge in [-0.1, -0.05) is 36.4 Å². The van der Waals surface area contributed by atoms with Crippen LogP contribution in [0.15, 0.2) is 61.2 Å². The second kappa shape index (κ2) is 9.53. The minimum Gasteiger partial charge on any atom is -0.491 e. The summed E-state index contributed by atoms with van der Waals surface area (Å²) in [5, 5.41) is 10.4. The van der Waals surface area contributed by atoms with Crippen molar-refractivity contribution in [3.05, 3.63) is 72.6 Å². The standard InChI is InChI=1S/C22H27FN2O2/c1-2-7-18-8-3-6-11-22(18)27-17-19(26)16-24-12-14-25(15-13-24)21-10-5-4-9-20(21)23/h2-6,8-11,19,26H,1,7,12-17H2/t19-/m1/s1. The van der Waals surface area contributed by atoms with Crippen molar-refractivity contribution >= 4 is 5.69 Å². The molecule has 1 atom stereocenters. The Morgan fingerprint density at radius 3 is 2.52 bits per heavy atom. The van der Waals surface area contributed by atoms with Gasteiger partial charge in [0.1, 0.15) is 24.3 Å². The summed E-state index contributed by atoms with van der Waals surface area (Å²) in [5.74, 6) is 0.610. The van der Waals surface area contributed by atoms with Gasteiger partial charge in [-0.3, -0.25) is 4.90 Å². The summed E-state index contributed by atoms with van der Waals surface area (Å²) in [5.41, 5.74) is 1.72. The Morgan fingerprint density at radius 1 is 1.07 bits per heavy atom. The number of para-hydroxylation sites is 2. The summed E-state index contributed by atoms with van der Waals surface area (Å²) in [6.45, 7) is 7.64. The number of ether oxygens (including phenoxy) is 1. The molecule has 0 saturated carbocycles. The first-order chi connectivity index (χ1) is 13.2. The van der Waals surface area contributed by atoms with Crippen LogP contribution in [0.3, 0.4) is 0 Å². The van der Waals surface area contributed by atoms with Gasteiger partial charge in [-0.2, -0.15) is 0 Å². The third-order valence-electron chi connectivity index (χ3n) is 4.80. The molecule has 5 heteroatoms. The summed E-state index contributed by atoms with van der Waals surface area (Å²) >= 11 is 0. The quantitative estimate of drug-likeness (QED) is 0.725. The predicted octanol–water partition coefficient (Wildman–Crippen LogP) is 3.12. The van der Waals surface area contributed by atoms with Gasteiger partial charge in [-0.25, -0.2) is 4.39 Å². The Morgan fingerprint density at radius 2 is 1.78 bits per heavy atom. The lowest BCUT2D eigenvalue weighted by atomic mass is 10.1. The molecule has 144 valence electrons. The summed E-state index contributed by atoms with van der Waals surface area (Å²) in [6.07, 6.45) is 2.01. The maximum Gasteiger partial charge on any atom is 0.146 e. The molecule has 2 aromatic carbocycles. The number of aliphatic hydroxyl groups is 1. The number of hydrogen-bond acceptors (Lipinski definition) is 4. The molecular formula is C22H27FN2O2. The minimum absolute atomic E-state index is 0.183. The minimum atomic E-state index is -0.568. The first-order valence-electron chi connectivity index (χ1n) is 9.39. The van der Waals surface area contributed by atoms with E-state index in [0.717, 1.165) is 43.9 Å². The molecule has 0 radical (unpaired) electrons. The second-order valence-corrected chi connectivity index (χ2v) is 6.80. The van der Waals surface area contributed by atoms with Crippen LogP contribution in [0.25, 0.3) is 0 Å². The summed E-state index contributed by atoms with van der Waals surface area (Å²) in [7, 11) is 0. The Bertz CT molecular complexity index is 745. The van der Waals surface area contributed by atoms with E-state index in [2.05, 4.69) is 16.4 Å². The molecule has 27 heavy (non-hydrogen) atoms. The van der Waals surface area contributed by atoms with Crippen molar-refractivity contribution in [1.82, 2.24) is 4.90 Å². The van der Waals surface area contributed by atoms with Gasteiger partial charge >= 0.3 is 0 Å². The Hall–Kier alpha value is -2.37. The van der Waals surface area contributed by atoms with E-state index in [0.29, 0.717) is 12.2 Å². The van der Waals surface area contributed by atoms with Crippen LogP contribution in [-0.2, 0) is 6.42 Å². The molecule has 1 aliphatic heterocycles. The number of benzene rings is 2. The number of halogens is 1. The lowest BCUT2D eigenvalue weighted by Crippen LogP contribution is -2.49. The van der Waals surface area contributed by atoms with E-state index in [1.807, 2.05) is 42.5 Å².